The lowest BCUT2D eigenvalue weighted by molar-refractivity contribution is -0.140. The summed E-state index contributed by atoms with van der Waals surface area (Å²) in [5, 5.41) is -0.297. The van der Waals surface area contributed by atoms with Crippen LogP contribution in [-0.2, 0) is 14.6 Å². The van der Waals surface area contributed by atoms with E-state index in [4.69, 9.17) is 0 Å². The first-order valence-corrected chi connectivity index (χ1v) is 6.96. The minimum absolute atomic E-state index is 0.0632. The largest absolute Gasteiger partial charge is 0.337 e. The van der Waals surface area contributed by atoms with Gasteiger partial charge in [0.05, 0.1) is 11.0 Å². The molecule has 2 aliphatic rings. The van der Waals surface area contributed by atoms with Crippen molar-refractivity contribution in [2.75, 3.05) is 12.3 Å². The minimum atomic E-state index is -2.89. The number of rotatable bonds is 0. The van der Waals surface area contributed by atoms with Gasteiger partial charge in [0.1, 0.15) is 0 Å². The molecule has 2 fully saturated rings. The van der Waals surface area contributed by atoms with Gasteiger partial charge in [-0.15, -0.1) is 0 Å². The van der Waals surface area contributed by atoms with Crippen LogP contribution in [0.15, 0.2) is 0 Å². The Morgan fingerprint density at radius 3 is 2.27 bits per heavy atom. The van der Waals surface area contributed by atoms with Gasteiger partial charge in [-0.1, -0.05) is 20.8 Å². The first kappa shape index (κ1) is 10.9. The first-order chi connectivity index (χ1) is 6.72. The Morgan fingerprint density at radius 1 is 1.33 bits per heavy atom. The van der Waals surface area contributed by atoms with Gasteiger partial charge >= 0.3 is 0 Å². The number of sulfone groups is 1. The van der Waals surface area contributed by atoms with E-state index in [1.807, 2.05) is 20.8 Å². The number of hydrogen-bond donors (Lipinski definition) is 0. The summed E-state index contributed by atoms with van der Waals surface area (Å²) >= 11 is 0. The van der Waals surface area contributed by atoms with Gasteiger partial charge in [0, 0.05) is 18.0 Å². The van der Waals surface area contributed by atoms with Gasteiger partial charge in [-0.25, -0.2) is 8.42 Å². The van der Waals surface area contributed by atoms with E-state index in [-0.39, 0.29) is 23.0 Å². The fourth-order valence-corrected chi connectivity index (χ4v) is 4.40. The summed E-state index contributed by atoms with van der Waals surface area (Å²) in [5.41, 5.74) is -0.408. The smallest absolute Gasteiger partial charge is 0.228 e. The Labute approximate surface area is 90.6 Å². The second kappa shape index (κ2) is 2.97. The van der Waals surface area contributed by atoms with Crippen LogP contribution in [0.3, 0.4) is 0 Å². The van der Waals surface area contributed by atoms with E-state index in [0.29, 0.717) is 13.0 Å². The molecule has 0 aromatic rings. The topological polar surface area (TPSA) is 54.5 Å². The van der Waals surface area contributed by atoms with E-state index in [2.05, 4.69) is 0 Å². The van der Waals surface area contributed by atoms with Crippen LogP contribution in [0.2, 0.25) is 0 Å². The quantitative estimate of drug-likeness (QED) is 0.607. The maximum atomic E-state index is 12.0. The molecule has 0 aromatic carbocycles. The van der Waals surface area contributed by atoms with Crippen LogP contribution in [0, 0.1) is 5.41 Å². The molecule has 2 saturated heterocycles. The maximum Gasteiger partial charge on any atom is 0.228 e. The zero-order valence-corrected chi connectivity index (χ0v) is 10.2. The third-order valence-corrected chi connectivity index (χ3v) is 5.42. The van der Waals surface area contributed by atoms with E-state index in [0.717, 1.165) is 0 Å². The fraction of sp³-hybridized carbons (Fsp3) is 0.900. The Balaban J connectivity index is 2.17. The average Bonchev–Trinajstić information content (AvgIpc) is 2.55. The zero-order valence-electron chi connectivity index (χ0n) is 9.36. The van der Waals surface area contributed by atoms with E-state index in [1.165, 1.54) is 0 Å². The number of fused-ring (bicyclic) bond motifs is 2. The first-order valence-electron chi connectivity index (χ1n) is 5.24. The Kier molecular flexibility index (Phi) is 2.16. The predicted octanol–water partition coefficient (Wildman–Crippen LogP) is 0.430. The average molecular weight is 231 g/mol. The Morgan fingerprint density at radius 2 is 1.93 bits per heavy atom. The molecule has 86 valence electrons. The highest BCUT2D eigenvalue weighted by Crippen LogP contribution is 2.35. The highest BCUT2D eigenvalue weighted by atomic mass is 32.2. The number of nitrogens with zero attached hydrogens (tertiary/aromatic N) is 1. The van der Waals surface area contributed by atoms with Gasteiger partial charge in [0.2, 0.25) is 5.91 Å². The molecule has 0 N–H and O–H groups in total. The van der Waals surface area contributed by atoms with E-state index in [9.17, 15) is 13.2 Å². The van der Waals surface area contributed by atoms with Crippen LogP contribution < -0.4 is 0 Å². The zero-order chi connectivity index (χ0) is 11.4. The molecule has 15 heavy (non-hydrogen) atoms. The van der Waals surface area contributed by atoms with Gasteiger partial charge in [-0.05, 0) is 6.42 Å². The van der Waals surface area contributed by atoms with Crippen molar-refractivity contribution in [2.45, 2.75) is 38.5 Å². The van der Waals surface area contributed by atoms with Crippen LogP contribution in [0.4, 0.5) is 0 Å². The van der Waals surface area contributed by atoms with Crippen molar-refractivity contribution in [3.05, 3.63) is 0 Å². The van der Waals surface area contributed by atoms with Gasteiger partial charge in [0.25, 0.3) is 0 Å². The lowest BCUT2D eigenvalue weighted by atomic mass is 9.94. The van der Waals surface area contributed by atoms with Crippen molar-refractivity contribution in [3.63, 3.8) is 0 Å². The third-order valence-electron chi connectivity index (χ3n) is 3.21. The molecular weight excluding hydrogens is 214 g/mol. The van der Waals surface area contributed by atoms with Crippen LogP contribution in [0.1, 0.15) is 27.2 Å². The summed E-state index contributed by atoms with van der Waals surface area (Å²) in [5.74, 6) is 0.240. The second-order valence-electron chi connectivity index (χ2n) is 5.55. The highest BCUT2D eigenvalue weighted by molar-refractivity contribution is 7.92. The Hall–Kier alpha value is -0.580. The molecule has 0 spiro atoms. The lowest BCUT2D eigenvalue weighted by Crippen LogP contribution is -2.48. The molecule has 2 unspecified atom stereocenters. The molecular formula is C10H17NO3S. The summed E-state index contributed by atoms with van der Waals surface area (Å²) in [7, 11) is -2.89. The summed E-state index contributed by atoms with van der Waals surface area (Å²) in [6.07, 6.45) is 0.643. The molecule has 4 nitrogen and oxygen atoms in total. The fourth-order valence-electron chi connectivity index (χ4n) is 2.38. The molecule has 2 rings (SSSR count). The molecule has 2 bridgehead atoms. The standard InChI is InChI=1S/C10H17NO3S/c1-10(2,3)9(12)11-5-8-4-7(11)6-15(8,13)14/h7-8H,4-6H2,1-3H3. The van der Waals surface area contributed by atoms with Gasteiger partial charge in [0.15, 0.2) is 9.84 Å². The van der Waals surface area contributed by atoms with Gasteiger partial charge < -0.3 is 4.90 Å². The van der Waals surface area contributed by atoms with Crippen molar-refractivity contribution in [2.24, 2.45) is 5.41 Å². The number of carbonyl (C=O) groups excluding carboxylic acids is 1. The van der Waals surface area contributed by atoms with E-state index in [1.54, 1.807) is 4.90 Å². The molecule has 1 amide bonds. The number of amides is 1. The minimum Gasteiger partial charge on any atom is -0.337 e. The molecule has 5 heteroatoms. The van der Waals surface area contributed by atoms with Crippen LogP contribution in [0.25, 0.3) is 0 Å². The molecule has 0 radical (unpaired) electrons. The maximum absolute atomic E-state index is 12.0. The number of carbonyl (C=O) groups is 1. The van der Waals surface area contributed by atoms with Crippen molar-refractivity contribution < 1.29 is 13.2 Å². The van der Waals surface area contributed by atoms with Crippen LogP contribution in [-0.4, -0.2) is 42.8 Å². The monoisotopic (exact) mass is 231 g/mol. The van der Waals surface area contributed by atoms with E-state index < -0.39 is 15.3 Å². The molecule has 0 saturated carbocycles. The van der Waals surface area contributed by atoms with Crippen LogP contribution >= 0.6 is 0 Å². The molecule has 2 atom stereocenters. The second-order valence-corrected chi connectivity index (χ2v) is 7.87. The normalized spacial score (nSPS) is 33.4. The molecule has 0 aromatic heterocycles. The molecule has 2 heterocycles. The van der Waals surface area contributed by atoms with Crippen molar-refractivity contribution in [1.29, 1.82) is 0 Å². The van der Waals surface area contributed by atoms with Gasteiger partial charge in [-0.2, -0.15) is 0 Å². The molecule has 0 aliphatic carbocycles. The predicted molar refractivity (Wildman–Crippen MR) is 57.1 cm³/mol. The van der Waals surface area contributed by atoms with Gasteiger partial charge in [-0.3, -0.25) is 4.79 Å². The summed E-state index contributed by atoms with van der Waals surface area (Å²) < 4.78 is 23.0. The summed E-state index contributed by atoms with van der Waals surface area (Å²) in [6, 6.07) is -0.0632. The van der Waals surface area contributed by atoms with Crippen molar-refractivity contribution >= 4 is 15.7 Å². The Bertz CT molecular complexity index is 393. The van der Waals surface area contributed by atoms with Crippen molar-refractivity contribution in [3.8, 4) is 0 Å². The highest BCUT2D eigenvalue weighted by Gasteiger charge is 2.51. The summed E-state index contributed by atoms with van der Waals surface area (Å²) in [4.78, 5) is 13.8. The number of hydrogen-bond acceptors (Lipinski definition) is 3. The third kappa shape index (κ3) is 1.67. The lowest BCUT2D eigenvalue weighted by Gasteiger charge is -2.32. The summed E-state index contributed by atoms with van der Waals surface area (Å²) in [6.45, 7) is 6.02. The molecule has 2 aliphatic heterocycles. The van der Waals surface area contributed by atoms with Crippen molar-refractivity contribution in [1.82, 2.24) is 4.90 Å². The SMILES string of the molecule is CC(C)(C)C(=O)N1CC2CC1CS2(=O)=O. The van der Waals surface area contributed by atoms with E-state index >= 15 is 0 Å². The number of likely N-dealkylation sites (tertiary alicyclic amines) is 1. The van der Waals surface area contributed by atoms with Crippen LogP contribution in [0.5, 0.6) is 0 Å².